The number of fused-ring (bicyclic) bond motifs is 1. The van der Waals surface area contributed by atoms with E-state index < -0.39 is 0 Å². The summed E-state index contributed by atoms with van der Waals surface area (Å²) in [4.78, 5) is 18.2. The largest absolute Gasteiger partial charge is 0.496 e. The highest BCUT2D eigenvalue weighted by Gasteiger charge is 2.28. The maximum atomic E-state index is 12.1. The zero-order chi connectivity index (χ0) is 23.7. The molecule has 0 spiro atoms. The summed E-state index contributed by atoms with van der Waals surface area (Å²) in [7, 11) is 1.65. The molecule has 0 aliphatic carbocycles. The minimum Gasteiger partial charge on any atom is -0.496 e. The zero-order valence-electron chi connectivity index (χ0n) is 19.3. The van der Waals surface area contributed by atoms with Crippen molar-refractivity contribution in [2.45, 2.75) is 19.4 Å². The lowest BCUT2D eigenvalue weighted by Crippen LogP contribution is -2.27. The van der Waals surface area contributed by atoms with Crippen molar-refractivity contribution in [1.29, 1.82) is 0 Å². The Hall–Kier alpha value is -4.13. The molecule has 1 unspecified atom stereocenters. The number of pyridine rings is 1. The second kappa shape index (κ2) is 9.02. The first kappa shape index (κ1) is 21.7. The first-order chi connectivity index (χ1) is 16.6. The van der Waals surface area contributed by atoms with Gasteiger partial charge in [-0.25, -0.2) is 0 Å². The molecule has 2 aromatic carbocycles. The van der Waals surface area contributed by atoms with Crippen molar-refractivity contribution in [3.8, 4) is 28.5 Å². The molecule has 0 saturated carbocycles. The number of carbonyl (C=O) groups is 1. The van der Waals surface area contributed by atoms with Gasteiger partial charge in [-0.05, 0) is 61.9 Å². The van der Waals surface area contributed by atoms with Gasteiger partial charge in [-0.3, -0.25) is 14.5 Å². The van der Waals surface area contributed by atoms with Crippen LogP contribution >= 0.6 is 0 Å². The third-order valence-electron chi connectivity index (χ3n) is 6.31. The second-order valence-corrected chi connectivity index (χ2v) is 8.33. The molecule has 1 aliphatic rings. The van der Waals surface area contributed by atoms with Crippen LogP contribution in [0.5, 0.6) is 17.2 Å². The van der Waals surface area contributed by atoms with E-state index in [-0.39, 0.29) is 11.9 Å². The smallest absolute Gasteiger partial charge is 0.246 e. The standard InChI is InChI=1S/C27H26N4O3/c1-4-26(32)30-15-13-20(17-30)31-23-12-14-28-16-22(23)27(29-31)19-8-10-21(11-9-19)34-25-7-5-6-24(33-3)18(25)2/h4-12,14,16,20H,1,13,15,17H2,2-3H3. The molecular weight excluding hydrogens is 428 g/mol. The SMILES string of the molecule is C=CC(=O)N1CCC(n2nc(-c3ccc(Oc4cccc(OC)c4C)cc3)c3cnccc32)C1. The van der Waals surface area contributed by atoms with E-state index in [9.17, 15) is 4.79 Å². The van der Waals surface area contributed by atoms with E-state index in [0.717, 1.165) is 51.4 Å². The Morgan fingerprint density at radius 3 is 2.71 bits per heavy atom. The van der Waals surface area contributed by atoms with Gasteiger partial charge in [0.25, 0.3) is 0 Å². The van der Waals surface area contributed by atoms with E-state index in [1.807, 2.05) is 71.2 Å². The van der Waals surface area contributed by atoms with Gasteiger partial charge in [0.05, 0.1) is 18.7 Å². The van der Waals surface area contributed by atoms with Crippen molar-refractivity contribution in [3.05, 3.63) is 79.1 Å². The Kier molecular flexibility index (Phi) is 5.76. The molecule has 3 heterocycles. The van der Waals surface area contributed by atoms with Crippen LogP contribution in [0.15, 0.2) is 73.6 Å². The number of likely N-dealkylation sites (tertiary alicyclic amines) is 1. The summed E-state index contributed by atoms with van der Waals surface area (Å²) in [5.41, 5.74) is 3.80. The summed E-state index contributed by atoms with van der Waals surface area (Å²) < 4.78 is 13.5. The van der Waals surface area contributed by atoms with E-state index in [0.29, 0.717) is 13.1 Å². The van der Waals surface area contributed by atoms with E-state index in [2.05, 4.69) is 11.6 Å². The van der Waals surface area contributed by atoms with Gasteiger partial charge in [0.15, 0.2) is 0 Å². The molecule has 34 heavy (non-hydrogen) atoms. The van der Waals surface area contributed by atoms with Crippen LogP contribution in [-0.4, -0.2) is 45.8 Å². The van der Waals surface area contributed by atoms with Gasteiger partial charge in [-0.2, -0.15) is 5.10 Å². The Labute approximate surface area is 198 Å². The average Bonchev–Trinajstić information content (AvgIpc) is 3.51. The minimum atomic E-state index is -0.0392. The average molecular weight is 455 g/mol. The maximum Gasteiger partial charge on any atom is 0.246 e. The number of ether oxygens (including phenoxy) is 2. The lowest BCUT2D eigenvalue weighted by molar-refractivity contribution is -0.125. The van der Waals surface area contributed by atoms with Crippen LogP contribution in [-0.2, 0) is 4.79 Å². The molecule has 4 aromatic rings. The molecule has 1 saturated heterocycles. The van der Waals surface area contributed by atoms with Gasteiger partial charge in [-0.1, -0.05) is 12.6 Å². The van der Waals surface area contributed by atoms with Crippen molar-refractivity contribution in [3.63, 3.8) is 0 Å². The summed E-state index contributed by atoms with van der Waals surface area (Å²) in [5.74, 6) is 2.24. The van der Waals surface area contributed by atoms with Gasteiger partial charge < -0.3 is 14.4 Å². The molecule has 2 aromatic heterocycles. The quantitative estimate of drug-likeness (QED) is 0.376. The highest BCUT2D eigenvalue weighted by Crippen LogP contribution is 2.35. The van der Waals surface area contributed by atoms with Crippen LogP contribution in [0.4, 0.5) is 0 Å². The minimum absolute atomic E-state index is 0.0392. The van der Waals surface area contributed by atoms with Crippen LogP contribution in [0.25, 0.3) is 22.2 Å². The van der Waals surface area contributed by atoms with Crippen molar-refractivity contribution in [1.82, 2.24) is 19.7 Å². The van der Waals surface area contributed by atoms with Crippen LogP contribution in [0.2, 0.25) is 0 Å². The number of benzene rings is 2. The first-order valence-electron chi connectivity index (χ1n) is 11.2. The highest BCUT2D eigenvalue weighted by atomic mass is 16.5. The van der Waals surface area contributed by atoms with Crippen molar-refractivity contribution >= 4 is 16.8 Å². The Morgan fingerprint density at radius 2 is 1.94 bits per heavy atom. The fraction of sp³-hybridized carbons (Fsp3) is 0.222. The number of amides is 1. The van der Waals surface area contributed by atoms with Crippen molar-refractivity contribution in [2.24, 2.45) is 0 Å². The number of rotatable bonds is 6. The summed E-state index contributed by atoms with van der Waals surface area (Å²) in [6, 6.07) is 15.7. The molecule has 0 bridgehead atoms. The predicted molar refractivity (Wildman–Crippen MR) is 131 cm³/mol. The van der Waals surface area contributed by atoms with E-state index >= 15 is 0 Å². The van der Waals surface area contributed by atoms with E-state index in [4.69, 9.17) is 14.6 Å². The Morgan fingerprint density at radius 1 is 1.15 bits per heavy atom. The lowest BCUT2D eigenvalue weighted by Gasteiger charge is -2.15. The molecule has 1 aliphatic heterocycles. The van der Waals surface area contributed by atoms with Crippen LogP contribution in [0, 0.1) is 6.92 Å². The summed E-state index contributed by atoms with van der Waals surface area (Å²) in [6.45, 7) is 6.90. The van der Waals surface area contributed by atoms with Crippen molar-refractivity contribution < 1.29 is 14.3 Å². The predicted octanol–water partition coefficient (Wildman–Crippen LogP) is 5.17. The zero-order valence-corrected chi connectivity index (χ0v) is 19.3. The fourth-order valence-electron chi connectivity index (χ4n) is 4.48. The molecule has 172 valence electrons. The molecule has 1 amide bonds. The van der Waals surface area contributed by atoms with Gasteiger partial charge in [0.1, 0.15) is 22.9 Å². The van der Waals surface area contributed by atoms with Gasteiger partial charge in [0, 0.05) is 42.0 Å². The topological polar surface area (TPSA) is 69.5 Å². The third-order valence-corrected chi connectivity index (χ3v) is 6.31. The summed E-state index contributed by atoms with van der Waals surface area (Å²) in [6.07, 6.45) is 5.85. The molecule has 0 radical (unpaired) electrons. The van der Waals surface area contributed by atoms with E-state index in [1.165, 1.54) is 6.08 Å². The van der Waals surface area contributed by atoms with Gasteiger partial charge >= 0.3 is 0 Å². The van der Waals surface area contributed by atoms with Crippen LogP contribution < -0.4 is 9.47 Å². The fourth-order valence-corrected chi connectivity index (χ4v) is 4.48. The Balaban J connectivity index is 1.44. The monoisotopic (exact) mass is 454 g/mol. The van der Waals surface area contributed by atoms with Gasteiger partial charge in [0.2, 0.25) is 5.91 Å². The van der Waals surface area contributed by atoms with Gasteiger partial charge in [-0.15, -0.1) is 0 Å². The molecule has 1 atom stereocenters. The maximum absolute atomic E-state index is 12.1. The number of methoxy groups -OCH3 is 1. The van der Waals surface area contributed by atoms with E-state index in [1.54, 1.807) is 13.3 Å². The number of hydrogen-bond donors (Lipinski definition) is 0. The number of carbonyl (C=O) groups excluding carboxylic acids is 1. The molecular formula is C27H26N4O3. The first-order valence-corrected chi connectivity index (χ1v) is 11.2. The molecule has 5 rings (SSSR count). The summed E-state index contributed by atoms with van der Waals surface area (Å²) in [5, 5.41) is 5.95. The van der Waals surface area contributed by atoms with Crippen LogP contribution in [0.1, 0.15) is 18.0 Å². The molecule has 7 nitrogen and oxygen atoms in total. The third kappa shape index (κ3) is 3.90. The highest BCUT2D eigenvalue weighted by molar-refractivity contribution is 5.93. The number of nitrogens with zero attached hydrogens (tertiary/aromatic N) is 4. The Bertz CT molecular complexity index is 1360. The molecule has 1 fully saturated rings. The molecule has 0 N–H and O–H groups in total. The second-order valence-electron chi connectivity index (χ2n) is 8.33. The molecule has 7 heteroatoms. The van der Waals surface area contributed by atoms with Crippen molar-refractivity contribution in [2.75, 3.05) is 20.2 Å². The number of aromatic nitrogens is 3. The number of hydrogen-bond acceptors (Lipinski definition) is 5. The van der Waals surface area contributed by atoms with Crippen LogP contribution in [0.3, 0.4) is 0 Å². The lowest BCUT2D eigenvalue weighted by atomic mass is 10.1. The summed E-state index contributed by atoms with van der Waals surface area (Å²) >= 11 is 0. The normalized spacial score (nSPS) is 15.5.